The molecule has 1 atom stereocenters. The second-order valence-electron chi connectivity index (χ2n) is 8.52. The molecule has 0 aliphatic carbocycles. The number of aryl methyl sites for hydroxylation is 1. The van der Waals surface area contributed by atoms with E-state index in [9.17, 15) is 9.59 Å². The summed E-state index contributed by atoms with van der Waals surface area (Å²) in [7, 11) is 0. The van der Waals surface area contributed by atoms with Gasteiger partial charge in [0.2, 0.25) is 5.91 Å². The molecule has 3 amide bonds. The first-order chi connectivity index (χ1) is 17.1. The molecule has 0 bridgehead atoms. The maximum absolute atomic E-state index is 13.4. The average molecular weight is 464 g/mol. The number of hydrogen-bond acceptors (Lipinski definition) is 2. The van der Waals surface area contributed by atoms with Crippen molar-refractivity contribution in [3.8, 4) is 0 Å². The van der Waals surface area contributed by atoms with Gasteiger partial charge in [-0.05, 0) is 53.8 Å². The Hall–Kier alpha value is -4.38. The lowest BCUT2D eigenvalue weighted by atomic mass is 10.0. The molecule has 0 saturated heterocycles. The molecule has 3 N–H and O–H groups in total. The summed E-state index contributed by atoms with van der Waals surface area (Å²) in [6.07, 6.45) is 1.07. The Morgan fingerprint density at radius 3 is 2.09 bits per heavy atom. The van der Waals surface area contributed by atoms with Crippen molar-refractivity contribution in [1.29, 1.82) is 0 Å². The van der Waals surface area contributed by atoms with Crippen molar-refractivity contribution in [3.05, 3.63) is 131 Å². The summed E-state index contributed by atoms with van der Waals surface area (Å²) in [6.45, 7) is 1.96. The van der Waals surface area contributed by atoms with E-state index in [4.69, 9.17) is 0 Å². The molecule has 4 aromatic carbocycles. The van der Waals surface area contributed by atoms with Gasteiger partial charge >= 0.3 is 6.03 Å². The van der Waals surface area contributed by atoms with Crippen molar-refractivity contribution in [2.45, 2.75) is 25.8 Å². The Morgan fingerprint density at radius 1 is 0.714 bits per heavy atom. The lowest BCUT2D eigenvalue weighted by Crippen LogP contribution is -2.47. The van der Waals surface area contributed by atoms with Crippen LogP contribution in [-0.4, -0.2) is 18.0 Å². The second-order valence-corrected chi connectivity index (χ2v) is 8.52. The van der Waals surface area contributed by atoms with E-state index >= 15 is 0 Å². The molecule has 0 radical (unpaired) electrons. The van der Waals surface area contributed by atoms with Crippen LogP contribution >= 0.6 is 0 Å². The van der Waals surface area contributed by atoms with E-state index in [1.165, 1.54) is 0 Å². The number of hydrogen-bond donors (Lipinski definition) is 3. The zero-order valence-corrected chi connectivity index (χ0v) is 19.7. The Labute approximate surface area is 206 Å². The molecule has 4 rings (SSSR count). The Balaban J connectivity index is 1.51. The van der Waals surface area contributed by atoms with Gasteiger partial charge in [-0.1, -0.05) is 91.0 Å². The molecule has 35 heavy (non-hydrogen) atoms. The fourth-order valence-corrected chi connectivity index (χ4v) is 3.94. The van der Waals surface area contributed by atoms with Crippen molar-refractivity contribution in [2.24, 2.45) is 0 Å². The highest BCUT2D eigenvalue weighted by Gasteiger charge is 2.22. The smallest absolute Gasteiger partial charge is 0.319 e. The van der Waals surface area contributed by atoms with Crippen LogP contribution in [-0.2, 0) is 17.6 Å². The molecular weight excluding hydrogens is 434 g/mol. The zero-order chi connectivity index (χ0) is 24.5. The quantitative estimate of drug-likeness (QED) is 0.302. The molecule has 0 spiro atoms. The number of carbonyl (C=O) groups excluding carboxylic acids is 2. The van der Waals surface area contributed by atoms with Crippen LogP contribution in [0.1, 0.15) is 22.3 Å². The van der Waals surface area contributed by atoms with Crippen LogP contribution in [0.25, 0.3) is 0 Å². The second kappa shape index (κ2) is 11.7. The molecule has 0 aliphatic heterocycles. The van der Waals surface area contributed by atoms with E-state index in [-0.39, 0.29) is 5.91 Å². The van der Waals surface area contributed by atoms with Gasteiger partial charge in [-0.2, -0.15) is 0 Å². The van der Waals surface area contributed by atoms with Gasteiger partial charge in [-0.25, -0.2) is 4.79 Å². The number of amides is 3. The first-order valence-corrected chi connectivity index (χ1v) is 11.7. The summed E-state index contributed by atoms with van der Waals surface area (Å²) < 4.78 is 0. The predicted octanol–water partition coefficient (Wildman–Crippen LogP) is 5.96. The number of urea groups is 1. The third-order valence-electron chi connectivity index (χ3n) is 5.69. The summed E-state index contributed by atoms with van der Waals surface area (Å²) in [6, 6.07) is 33.9. The van der Waals surface area contributed by atoms with E-state index in [1.54, 1.807) is 0 Å². The molecule has 5 heteroatoms. The maximum atomic E-state index is 13.4. The van der Waals surface area contributed by atoms with Gasteiger partial charge in [-0.15, -0.1) is 0 Å². The standard InChI is InChI=1S/C30H29N3O2/c1-22-11-10-17-26(19-22)31-30(35)33-28(21-24-14-6-3-7-15-24)29(34)32-27-18-9-8-16-25(27)20-23-12-4-2-5-13-23/h2-19,28H,20-21H2,1H3,(H,32,34)(H2,31,33,35). The lowest BCUT2D eigenvalue weighted by Gasteiger charge is -2.20. The summed E-state index contributed by atoms with van der Waals surface area (Å²) in [5.74, 6) is -0.270. The SMILES string of the molecule is Cc1cccc(NC(=O)NC(Cc2ccccc2)C(=O)Nc2ccccc2Cc2ccccc2)c1. The van der Waals surface area contributed by atoms with Crippen molar-refractivity contribution < 1.29 is 9.59 Å². The topological polar surface area (TPSA) is 70.2 Å². The minimum absolute atomic E-state index is 0.270. The molecule has 0 aromatic heterocycles. The van der Waals surface area contributed by atoms with E-state index in [0.717, 1.165) is 27.9 Å². The van der Waals surface area contributed by atoms with Crippen LogP contribution in [0.3, 0.4) is 0 Å². The molecular formula is C30H29N3O2. The highest BCUT2D eigenvalue weighted by Crippen LogP contribution is 2.20. The number of benzene rings is 4. The molecule has 0 saturated carbocycles. The molecule has 0 aliphatic rings. The van der Waals surface area contributed by atoms with E-state index in [2.05, 4.69) is 28.1 Å². The summed E-state index contributed by atoms with van der Waals surface area (Å²) in [4.78, 5) is 26.2. The van der Waals surface area contributed by atoms with Gasteiger partial charge in [-0.3, -0.25) is 4.79 Å². The lowest BCUT2D eigenvalue weighted by molar-refractivity contribution is -0.117. The van der Waals surface area contributed by atoms with Gasteiger partial charge in [0, 0.05) is 17.8 Å². The van der Waals surface area contributed by atoms with E-state index < -0.39 is 12.1 Å². The van der Waals surface area contributed by atoms with Crippen molar-refractivity contribution in [1.82, 2.24) is 5.32 Å². The van der Waals surface area contributed by atoms with Crippen LogP contribution in [0.15, 0.2) is 109 Å². The third-order valence-corrected chi connectivity index (χ3v) is 5.69. The van der Waals surface area contributed by atoms with Gasteiger partial charge in [0.25, 0.3) is 0 Å². The van der Waals surface area contributed by atoms with E-state index in [0.29, 0.717) is 18.5 Å². The predicted molar refractivity (Wildman–Crippen MR) is 142 cm³/mol. The number of anilines is 2. The number of carbonyl (C=O) groups is 2. The molecule has 4 aromatic rings. The fraction of sp³-hybridized carbons (Fsp3) is 0.133. The van der Waals surface area contributed by atoms with Crippen LogP contribution in [0.2, 0.25) is 0 Å². The number of para-hydroxylation sites is 1. The van der Waals surface area contributed by atoms with Gasteiger partial charge in [0.15, 0.2) is 0 Å². The Morgan fingerprint density at radius 2 is 1.37 bits per heavy atom. The molecule has 0 fully saturated rings. The van der Waals surface area contributed by atoms with Crippen molar-refractivity contribution in [3.63, 3.8) is 0 Å². The van der Waals surface area contributed by atoms with Crippen molar-refractivity contribution in [2.75, 3.05) is 10.6 Å². The summed E-state index contributed by atoms with van der Waals surface area (Å²) in [5.41, 5.74) is 5.58. The fourth-order valence-electron chi connectivity index (χ4n) is 3.94. The molecule has 176 valence electrons. The monoisotopic (exact) mass is 463 g/mol. The Bertz CT molecular complexity index is 1270. The highest BCUT2D eigenvalue weighted by molar-refractivity contribution is 5.99. The number of nitrogens with one attached hydrogen (secondary N) is 3. The highest BCUT2D eigenvalue weighted by atomic mass is 16.2. The van der Waals surface area contributed by atoms with Gasteiger partial charge in [0.05, 0.1) is 0 Å². The zero-order valence-electron chi connectivity index (χ0n) is 19.7. The normalized spacial score (nSPS) is 11.3. The van der Waals surface area contributed by atoms with Gasteiger partial charge < -0.3 is 16.0 Å². The molecule has 0 heterocycles. The largest absolute Gasteiger partial charge is 0.326 e. The Kier molecular flexibility index (Phi) is 7.92. The number of rotatable bonds is 8. The van der Waals surface area contributed by atoms with E-state index in [1.807, 2.05) is 104 Å². The summed E-state index contributed by atoms with van der Waals surface area (Å²) >= 11 is 0. The minimum atomic E-state index is -0.757. The minimum Gasteiger partial charge on any atom is -0.326 e. The van der Waals surface area contributed by atoms with Crippen LogP contribution in [0.5, 0.6) is 0 Å². The first-order valence-electron chi connectivity index (χ1n) is 11.7. The first kappa shape index (κ1) is 23.8. The van der Waals surface area contributed by atoms with Crippen LogP contribution in [0, 0.1) is 6.92 Å². The van der Waals surface area contributed by atoms with Crippen LogP contribution in [0.4, 0.5) is 16.2 Å². The summed E-state index contributed by atoms with van der Waals surface area (Å²) in [5, 5.41) is 8.74. The van der Waals surface area contributed by atoms with Crippen LogP contribution < -0.4 is 16.0 Å². The maximum Gasteiger partial charge on any atom is 0.319 e. The van der Waals surface area contributed by atoms with Crippen molar-refractivity contribution >= 4 is 23.3 Å². The molecule has 5 nitrogen and oxygen atoms in total. The molecule has 1 unspecified atom stereocenters. The average Bonchev–Trinajstić information content (AvgIpc) is 2.86. The van der Waals surface area contributed by atoms with Gasteiger partial charge in [0.1, 0.15) is 6.04 Å². The third kappa shape index (κ3) is 7.05.